The van der Waals surface area contributed by atoms with E-state index in [0.717, 1.165) is 17.7 Å². The van der Waals surface area contributed by atoms with Gasteiger partial charge in [-0.25, -0.2) is 4.79 Å². The summed E-state index contributed by atoms with van der Waals surface area (Å²) in [4.78, 5) is 39.6. The first-order valence-corrected chi connectivity index (χ1v) is 9.09. The lowest BCUT2D eigenvalue weighted by molar-refractivity contribution is -0.119. The fourth-order valence-electron chi connectivity index (χ4n) is 3.38. The first-order chi connectivity index (χ1) is 12.1. The highest BCUT2D eigenvalue weighted by atomic mass is 32.1. The summed E-state index contributed by atoms with van der Waals surface area (Å²) in [5.41, 5.74) is 1.87. The first kappa shape index (κ1) is 15.8. The van der Waals surface area contributed by atoms with E-state index in [2.05, 4.69) is 0 Å². The molecule has 2 aromatic heterocycles. The molecule has 1 aliphatic heterocycles. The van der Waals surface area contributed by atoms with Crippen molar-refractivity contribution < 1.29 is 4.79 Å². The van der Waals surface area contributed by atoms with E-state index >= 15 is 0 Å². The van der Waals surface area contributed by atoms with Gasteiger partial charge in [0.2, 0.25) is 5.91 Å². The van der Waals surface area contributed by atoms with Crippen LogP contribution in [0.25, 0.3) is 10.2 Å². The van der Waals surface area contributed by atoms with Crippen LogP contribution >= 0.6 is 11.3 Å². The van der Waals surface area contributed by atoms with E-state index in [4.69, 9.17) is 0 Å². The van der Waals surface area contributed by atoms with Gasteiger partial charge in [0.05, 0.1) is 5.52 Å². The van der Waals surface area contributed by atoms with E-state index in [1.54, 1.807) is 23.3 Å². The Morgan fingerprint density at radius 3 is 2.76 bits per heavy atom. The summed E-state index contributed by atoms with van der Waals surface area (Å²) in [5.74, 6) is -0.138. The number of fused-ring (bicyclic) bond motifs is 2. The van der Waals surface area contributed by atoms with Crippen molar-refractivity contribution in [2.24, 2.45) is 0 Å². The van der Waals surface area contributed by atoms with Crippen molar-refractivity contribution in [3.63, 3.8) is 0 Å². The molecule has 1 amide bonds. The number of rotatable bonds is 3. The number of para-hydroxylation sites is 1. The first-order valence-electron chi connectivity index (χ1n) is 8.21. The zero-order valence-corrected chi connectivity index (χ0v) is 14.6. The van der Waals surface area contributed by atoms with Gasteiger partial charge in [-0.15, -0.1) is 11.3 Å². The van der Waals surface area contributed by atoms with E-state index in [1.807, 2.05) is 24.3 Å². The van der Waals surface area contributed by atoms with Gasteiger partial charge in [-0.1, -0.05) is 18.2 Å². The molecule has 0 unspecified atom stereocenters. The van der Waals surface area contributed by atoms with E-state index in [1.165, 1.54) is 20.5 Å². The van der Waals surface area contributed by atoms with E-state index in [0.29, 0.717) is 16.8 Å². The fourth-order valence-corrected chi connectivity index (χ4v) is 4.23. The highest BCUT2D eigenvalue weighted by Gasteiger charge is 2.25. The van der Waals surface area contributed by atoms with Crippen molar-refractivity contribution in [3.8, 4) is 0 Å². The van der Waals surface area contributed by atoms with Crippen molar-refractivity contribution in [3.05, 3.63) is 62.1 Å². The van der Waals surface area contributed by atoms with Crippen LogP contribution in [0.3, 0.4) is 0 Å². The van der Waals surface area contributed by atoms with E-state index < -0.39 is 5.69 Å². The highest BCUT2D eigenvalue weighted by Crippen LogP contribution is 2.27. The Morgan fingerprint density at radius 1 is 1.16 bits per heavy atom. The molecular formula is C18H17N3O3S. The molecule has 0 aliphatic carbocycles. The van der Waals surface area contributed by atoms with Crippen LogP contribution in [-0.4, -0.2) is 21.6 Å². The Balaban J connectivity index is 1.77. The second-order valence-corrected chi connectivity index (χ2v) is 6.89. The van der Waals surface area contributed by atoms with Gasteiger partial charge >= 0.3 is 5.69 Å². The van der Waals surface area contributed by atoms with Crippen molar-refractivity contribution in [1.82, 2.24) is 9.13 Å². The quantitative estimate of drug-likeness (QED) is 0.720. The third kappa shape index (κ3) is 2.42. The molecule has 3 aromatic rings. The lowest BCUT2D eigenvalue weighted by Gasteiger charge is -2.19. The SMILES string of the molecule is CCn1c(=O)c2sccc2n(CC(=O)N2CCc3ccccc32)c1=O. The number of aromatic nitrogens is 2. The second-order valence-electron chi connectivity index (χ2n) is 5.98. The number of hydrogen-bond donors (Lipinski definition) is 0. The summed E-state index contributed by atoms with van der Waals surface area (Å²) >= 11 is 1.30. The van der Waals surface area contributed by atoms with Gasteiger partial charge in [-0.3, -0.25) is 18.7 Å². The van der Waals surface area contributed by atoms with Gasteiger partial charge in [-0.2, -0.15) is 0 Å². The summed E-state index contributed by atoms with van der Waals surface area (Å²) < 4.78 is 3.11. The third-order valence-electron chi connectivity index (χ3n) is 4.63. The maximum atomic E-state index is 12.9. The molecule has 0 fully saturated rings. The third-order valence-corrected chi connectivity index (χ3v) is 5.53. The van der Waals surface area contributed by atoms with Gasteiger partial charge in [0.15, 0.2) is 0 Å². The summed E-state index contributed by atoms with van der Waals surface area (Å²) in [6.45, 7) is 2.59. The molecule has 6 nitrogen and oxygen atoms in total. The zero-order chi connectivity index (χ0) is 17.6. The van der Waals surface area contributed by atoms with Gasteiger partial charge in [0.25, 0.3) is 5.56 Å². The average Bonchev–Trinajstić information content (AvgIpc) is 3.26. The van der Waals surface area contributed by atoms with Gasteiger partial charge < -0.3 is 4.90 Å². The molecule has 0 radical (unpaired) electrons. The molecule has 0 N–H and O–H groups in total. The highest BCUT2D eigenvalue weighted by molar-refractivity contribution is 7.17. The Morgan fingerprint density at radius 2 is 1.96 bits per heavy atom. The number of anilines is 1. The number of thiophene rings is 1. The molecule has 3 heterocycles. The molecule has 1 aliphatic rings. The summed E-state index contributed by atoms with van der Waals surface area (Å²) in [6.07, 6.45) is 0.819. The average molecular weight is 355 g/mol. The number of nitrogens with zero attached hydrogens (tertiary/aromatic N) is 3. The summed E-state index contributed by atoms with van der Waals surface area (Å²) in [6, 6.07) is 9.54. The van der Waals surface area contributed by atoms with Crippen LogP contribution in [0.5, 0.6) is 0 Å². The molecular weight excluding hydrogens is 338 g/mol. The zero-order valence-electron chi connectivity index (χ0n) is 13.8. The molecule has 128 valence electrons. The van der Waals surface area contributed by atoms with Crippen molar-refractivity contribution >= 4 is 33.1 Å². The summed E-state index contributed by atoms with van der Waals surface area (Å²) in [7, 11) is 0. The van der Waals surface area contributed by atoms with Crippen LogP contribution in [-0.2, 0) is 24.3 Å². The van der Waals surface area contributed by atoms with Crippen LogP contribution in [0, 0.1) is 0 Å². The number of carbonyl (C=O) groups is 1. The minimum absolute atomic E-state index is 0.0688. The fraction of sp³-hybridized carbons (Fsp3) is 0.278. The molecule has 7 heteroatoms. The Labute approximate surface area is 147 Å². The largest absolute Gasteiger partial charge is 0.331 e. The lowest BCUT2D eigenvalue weighted by Crippen LogP contribution is -2.42. The Bertz CT molecular complexity index is 1090. The smallest absolute Gasteiger partial charge is 0.310 e. The van der Waals surface area contributed by atoms with Crippen LogP contribution in [0.2, 0.25) is 0 Å². The molecule has 4 rings (SSSR count). The Hall–Kier alpha value is -2.67. The topological polar surface area (TPSA) is 64.3 Å². The van der Waals surface area contributed by atoms with Crippen LogP contribution < -0.4 is 16.1 Å². The number of hydrogen-bond acceptors (Lipinski definition) is 4. The number of benzene rings is 1. The minimum atomic E-state index is -0.431. The summed E-state index contributed by atoms with van der Waals surface area (Å²) in [5, 5.41) is 1.78. The van der Waals surface area contributed by atoms with Gasteiger partial charge in [0, 0.05) is 18.8 Å². The Kier molecular flexibility index (Phi) is 3.80. The molecule has 0 spiro atoms. The second kappa shape index (κ2) is 6.00. The molecule has 0 saturated heterocycles. The lowest BCUT2D eigenvalue weighted by atomic mass is 10.2. The standard InChI is InChI=1S/C18H17N3O3S/c1-2-19-17(23)16-14(8-10-25-16)21(18(19)24)11-15(22)20-9-7-12-5-3-4-6-13(12)20/h3-6,8,10H,2,7,9,11H2,1H3. The predicted molar refractivity (Wildman–Crippen MR) is 98.5 cm³/mol. The molecule has 0 saturated carbocycles. The van der Waals surface area contributed by atoms with E-state index in [9.17, 15) is 14.4 Å². The normalized spacial score (nSPS) is 13.4. The van der Waals surface area contributed by atoms with Crippen LogP contribution in [0.1, 0.15) is 12.5 Å². The molecule has 0 bridgehead atoms. The van der Waals surface area contributed by atoms with Crippen molar-refractivity contribution in [2.75, 3.05) is 11.4 Å². The van der Waals surface area contributed by atoms with Gasteiger partial charge in [-0.05, 0) is 36.4 Å². The van der Waals surface area contributed by atoms with Gasteiger partial charge in [0.1, 0.15) is 11.2 Å². The van der Waals surface area contributed by atoms with Crippen molar-refractivity contribution in [1.29, 1.82) is 0 Å². The van der Waals surface area contributed by atoms with E-state index in [-0.39, 0.29) is 24.6 Å². The molecule has 0 atom stereocenters. The minimum Gasteiger partial charge on any atom is -0.310 e. The van der Waals surface area contributed by atoms with Crippen LogP contribution in [0.15, 0.2) is 45.3 Å². The molecule has 1 aromatic carbocycles. The predicted octanol–water partition coefficient (Wildman–Crippen LogP) is 1.83. The maximum Gasteiger partial charge on any atom is 0.331 e. The molecule has 25 heavy (non-hydrogen) atoms. The number of amides is 1. The maximum absolute atomic E-state index is 12.9. The number of carbonyl (C=O) groups excluding carboxylic acids is 1. The van der Waals surface area contributed by atoms with Crippen molar-refractivity contribution in [2.45, 2.75) is 26.4 Å². The monoisotopic (exact) mass is 355 g/mol. The van der Waals surface area contributed by atoms with Crippen LogP contribution in [0.4, 0.5) is 5.69 Å².